The van der Waals surface area contributed by atoms with E-state index >= 15 is 0 Å². The monoisotopic (exact) mass is 257 g/mol. The Kier molecular flexibility index (Phi) is 2.95. The average molecular weight is 257 g/mol. The molecule has 2 aromatic rings. The van der Waals surface area contributed by atoms with Gasteiger partial charge in [-0.2, -0.15) is 0 Å². The van der Waals surface area contributed by atoms with Crippen LogP contribution < -0.4 is 9.64 Å². The third-order valence-electron chi connectivity index (χ3n) is 3.38. The first-order valence-corrected chi connectivity index (χ1v) is 6.20. The van der Waals surface area contributed by atoms with E-state index in [1.165, 1.54) is 0 Å². The second kappa shape index (κ2) is 4.76. The van der Waals surface area contributed by atoms with Crippen molar-refractivity contribution in [1.82, 2.24) is 9.55 Å². The molecule has 19 heavy (non-hydrogen) atoms. The number of imidazole rings is 1. The Morgan fingerprint density at radius 1 is 1.37 bits per heavy atom. The molecule has 0 spiro atoms. The first-order chi connectivity index (χ1) is 9.28. The molecule has 1 fully saturated rings. The summed E-state index contributed by atoms with van der Waals surface area (Å²) >= 11 is 0. The molecule has 0 aliphatic carbocycles. The fourth-order valence-electron chi connectivity index (χ4n) is 2.36. The third kappa shape index (κ3) is 2.19. The van der Waals surface area contributed by atoms with Gasteiger partial charge >= 0.3 is 0 Å². The minimum Gasteiger partial charge on any atom is -0.497 e. The average Bonchev–Trinajstić information content (AvgIpc) is 2.92. The summed E-state index contributed by atoms with van der Waals surface area (Å²) in [5, 5.41) is 0. The summed E-state index contributed by atoms with van der Waals surface area (Å²) in [6, 6.07) is 7.77. The van der Waals surface area contributed by atoms with Gasteiger partial charge in [0.2, 0.25) is 5.91 Å². The van der Waals surface area contributed by atoms with Crippen molar-refractivity contribution in [3.05, 3.63) is 43.0 Å². The summed E-state index contributed by atoms with van der Waals surface area (Å²) in [5.41, 5.74) is 0.919. The lowest BCUT2D eigenvalue weighted by atomic mass is 10.0. The maximum atomic E-state index is 11.8. The maximum absolute atomic E-state index is 11.8. The van der Waals surface area contributed by atoms with Gasteiger partial charge in [-0.25, -0.2) is 4.98 Å². The highest BCUT2D eigenvalue weighted by Crippen LogP contribution is 2.30. The van der Waals surface area contributed by atoms with E-state index in [9.17, 15) is 4.79 Å². The fraction of sp³-hybridized carbons (Fsp3) is 0.286. The number of carbonyl (C=O) groups excluding carboxylic acids is 1. The molecule has 1 aliphatic heterocycles. The van der Waals surface area contributed by atoms with E-state index in [2.05, 4.69) is 4.98 Å². The molecule has 5 heteroatoms. The van der Waals surface area contributed by atoms with Gasteiger partial charge in [-0.1, -0.05) is 0 Å². The molecule has 98 valence electrons. The number of aromatic nitrogens is 2. The van der Waals surface area contributed by atoms with Crippen LogP contribution in [0.25, 0.3) is 0 Å². The van der Waals surface area contributed by atoms with Gasteiger partial charge < -0.3 is 14.2 Å². The summed E-state index contributed by atoms with van der Waals surface area (Å²) in [6.07, 6.45) is 6.02. The van der Waals surface area contributed by atoms with Crippen LogP contribution >= 0.6 is 0 Å². The molecular weight excluding hydrogens is 242 g/mol. The molecule has 1 aromatic carbocycles. The van der Waals surface area contributed by atoms with Crippen molar-refractivity contribution in [2.75, 3.05) is 12.0 Å². The van der Waals surface area contributed by atoms with Crippen LogP contribution in [-0.2, 0) is 11.3 Å². The third-order valence-corrected chi connectivity index (χ3v) is 3.38. The summed E-state index contributed by atoms with van der Waals surface area (Å²) in [6.45, 7) is 0.776. The van der Waals surface area contributed by atoms with Gasteiger partial charge in [0.1, 0.15) is 5.75 Å². The first kappa shape index (κ1) is 11.8. The maximum Gasteiger partial charge on any atom is 0.229 e. The minimum atomic E-state index is 0.162. The number of hydrogen-bond acceptors (Lipinski definition) is 3. The van der Waals surface area contributed by atoms with Crippen LogP contribution in [0, 0.1) is 0 Å². The number of rotatable bonds is 4. The molecule has 1 amide bonds. The van der Waals surface area contributed by atoms with Crippen molar-refractivity contribution >= 4 is 11.6 Å². The lowest BCUT2D eigenvalue weighted by Crippen LogP contribution is -2.54. The van der Waals surface area contributed by atoms with Crippen LogP contribution in [-0.4, -0.2) is 28.6 Å². The summed E-state index contributed by atoms with van der Waals surface area (Å²) < 4.78 is 7.12. The highest BCUT2D eigenvalue weighted by molar-refractivity contribution is 6.00. The van der Waals surface area contributed by atoms with Gasteiger partial charge in [-0.3, -0.25) is 4.79 Å². The molecular formula is C14H15N3O2. The second-order valence-electron chi connectivity index (χ2n) is 4.58. The minimum absolute atomic E-state index is 0.162. The second-order valence-corrected chi connectivity index (χ2v) is 4.58. The number of carbonyl (C=O) groups is 1. The first-order valence-electron chi connectivity index (χ1n) is 6.20. The van der Waals surface area contributed by atoms with Crippen molar-refractivity contribution in [2.24, 2.45) is 0 Å². The standard InChI is InChI=1S/C14H15N3O2/c1-19-13-4-2-11(3-5-13)17-12(8-14(17)18)9-16-7-6-15-10-16/h2-7,10,12H,8-9H2,1H3/t12-/m0/s1. The molecule has 0 radical (unpaired) electrons. The van der Waals surface area contributed by atoms with Crippen LogP contribution in [0.15, 0.2) is 43.0 Å². The molecule has 0 unspecified atom stereocenters. The molecule has 1 aliphatic rings. The van der Waals surface area contributed by atoms with Crippen molar-refractivity contribution < 1.29 is 9.53 Å². The fourth-order valence-corrected chi connectivity index (χ4v) is 2.36. The number of hydrogen-bond donors (Lipinski definition) is 0. The van der Waals surface area contributed by atoms with Gasteiger partial charge in [0, 0.05) is 31.0 Å². The van der Waals surface area contributed by atoms with E-state index < -0.39 is 0 Å². The van der Waals surface area contributed by atoms with Crippen LogP contribution in [0.1, 0.15) is 6.42 Å². The van der Waals surface area contributed by atoms with E-state index in [0.29, 0.717) is 6.42 Å². The predicted octanol–water partition coefficient (Wildman–Crippen LogP) is 1.70. The van der Waals surface area contributed by atoms with E-state index in [1.54, 1.807) is 19.6 Å². The van der Waals surface area contributed by atoms with Crippen LogP contribution in [0.5, 0.6) is 5.75 Å². The van der Waals surface area contributed by atoms with E-state index in [-0.39, 0.29) is 11.9 Å². The number of β-lactam (4-membered cyclic amide) rings is 1. The van der Waals surface area contributed by atoms with Gasteiger partial charge in [-0.05, 0) is 24.3 Å². The Hall–Kier alpha value is -2.30. The molecule has 3 rings (SSSR count). The van der Waals surface area contributed by atoms with Gasteiger partial charge in [-0.15, -0.1) is 0 Å². The Morgan fingerprint density at radius 2 is 2.16 bits per heavy atom. The zero-order valence-corrected chi connectivity index (χ0v) is 10.7. The van der Waals surface area contributed by atoms with Crippen molar-refractivity contribution in [2.45, 2.75) is 19.0 Å². The summed E-state index contributed by atoms with van der Waals surface area (Å²) in [5.74, 6) is 0.957. The van der Waals surface area contributed by atoms with Gasteiger partial charge in [0.15, 0.2) is 0 Å². The van der Waals surface area contributed by atoms with Crippen molar-refractivity contribution in [3.8, 4) is 5.75 Å². The number of nitrogens with zero attached hydrogens (tertiary/aromatic N) is 3. The van der Waals surface area contributed by atoms with Gasteiger partial charge in [0.05, 0.1) is 19.5 Å². The molecule has 0 N–H and O–H groups in total. The molecule has 5 nitrogen and oxygen atoms in total. The zero-order chi connectivity index (χ0) is 13.2. The highest BCUT2D eigenvalue weighted by Gasteiger charge is 2.37. The zero-order valence-electron chi connectivity index (χ0n) is 10.7. The van der Waals surface area contributed by atoms with E-state index in [4.69, 9.17) is 4.74 Å². The number of anilines is 1. The molecule has 2 heterocycles. The number of ether oxygens (including phenoxy) is 1. The Balaban J connectivity index is 1.75. The smallest absolute Gasteiger partial charge is 0.229 e. The highest BCUT2D eigenvalue weighted by atomic mass is 16.5. The predicted molar refractivity (Wildman–Crippen MR) is 71.1 cm³/mol. The van der Waals surface area contributed by atoms with E-state index in [1.807, 2.05) is 39.9 Å². The van der Waals surface area contributed by atoms with Crippen molar-refractivity contribution in [1.29, 1.82) is 0 Å². The number of amides is 1. The number of methoxy groups -OCH3 is 1. The summed E-state index contributed by atoms with van der Waals surface area (Å²) in [7, 11) is 1.63. The van der Waals surface area contributed by atoms with Crippen molar-refractivity contribution in [3.63, 3.8) is 0 Å². The lowest BCUT2D eigenvalue weighted by Gasteiger charge is -2.40. The normalized spacial score (nSPS) is 18.3. The Morgan fingerprint density at radius 3 is 2.74 bits per heavy atom. The van der Waals surface area contributed by atoms with Gasteiger partial charge in [0.25, 0.3) is 0 Å². The quantitative estimate of drug-likeness (QED) is 0.783. The SMILES string of the molecule is COc1ccc(N2C(=O)C[C@H]2Cn2ccnc2)cc1. The molecule has 1 saturated heterocycles. The van der Waals surface area contributed by atoms with E-state index in [0.717, 1.165) is 18.0 Å². The molecule has 0 saturated carbocycles. The van der Waals surface area contributed by atoms with Crippen LogP contribution in [0.3, 0.4) is 0 Å². The van der Waals surface area contributed by atoms with Crippen LogP contribution in [0.4, 0.5) is 5.69 Å². The lowest BCUT2D eigenvalue weighted by molar-refractivity contribution is -0.124. The van der Waals surface area contributed by atoms with Crippen LogP contribution in [0.2, 0.25) is 0 Å². The molecule has 1 aromatic heterocycles. The number of benzene rings is 1. The summed E-state index contributed by atoms with van der Waals surface area (Å²) in [4.78, 5) is 17.6. The topological polar surface area (TPSA) is 47.4 Å². The molecule has 1 atom stereocenters. The molecule has 0 bridgehead atoms. The Labute approximate surface area is 111 Å². The Bertz CT molecular complexity index is 563. The largest absolute Gasteiger partial charge is 0.497 e.